The van der Waals surface area contributed by atoms with Gasteiger partial charge < -0.3 is 5.11 Å². The zero-order valence-corrected chi connectivity index (χ0v) is 11.9. The molecule has 1 aromatic carbocycles. The number of hydrogen-bond donors (Lipinski definition) is 2. The second-order valence-corrected chi connectivity index (χ2v) is 7.43. The van der Waals surface area contributed by atoms with E-state index in [9.17, 15) is 8.42 Å². The van der Waals surface area contributed by atoms with Crippen LogP contribution in [0.2, 0.25) is 0 Å². The molecule has 0 amide bonds. The maximum absolute atomic E-state index is 11.9. The molecule has 0 bridgehead atoms. The molecule has 0 aliphatic carbocycles. The molecule has 18 heavy (non-hydrogen) atoms. The van der Waals surface area contributed by atoms with Crippen LogP contribution in [-0.2, 0) is 22.4 Å². The highest BCUT2D eigenvalue weighted by molar-refractivity contribution is 7.88. The van der Waals surface area contributed by atoms with Gasteiger partial charge in [0.05, 0.1) is 12.4 Å². The Morgan fingerprint density at radius 3 is 2.39 bits per heavy atom. The van der Waals surface area contributed by atoms with Crippen molar-refractivity contribution < 1.29 is 13.5 Å². The van der Waals surface area contributed by atoms with Crippen molar-refractivity contribution in [2.75, 3.05) is 6.54 Å². The first-order valence-corrected chi connectivity index (χ1v) is 7.53. The average molecular weight is 271 g/mol. The maximum Gasteiger partial charge on any atom is 0.215 e. The monoisotopic (exact) mass is 271 g/mol. The van der Waals surface area contributed by atoms with Gasteiger partial charge in [-0.3, -0.25) is 0 Å². The molecule has 0 fully saturated rings. The minimum Gasteiger partial charge on any atom is -0.392 e. The maximum atomic E-state index is 11.9. The second kappa shape index (κ2) is 5.82. The number of aliphatic hydroxyl groups is 1. The zero-order chi connectivity index (χ0) is 13.8. The van der Waals surface area contributed by atoms with Gasteiger partial charge in [0.15, 0.2) is 0 Å². The molecule has 102 valence electrons. The third kappa shape index (κ3) is 5.62. The van der Waals surface area contributed by atoms with Crippen molar-refractivity contribution in [3.63, 3.8) is 0 Å². The second-order valence-electron chi connectivity index (χ2n) is 5.62. The molecule has 0 aliphatic rings. The Morgan fingerprint density at radius 2 is 1.83 bits per heavy atom. The summed E-state index contributed by atoms with van der Waals surface area (Å²) in [7, 11) is -3.32. The summed E-state index contributed by atoms with van der Waals surface area (Å²) in [6.45, 7) is 6.25. The van der Waals surface area contributed by atoms with Gasteiger partial charge in [-0.15, -0.1) is 0 Å². The quantitative estimate of drug-likeness (QED) is 0.855. The largest absolute Gasteiger partial charge is 0.392 e. The first-order valence-electron chi connectivity index (χ1n) is 5.88. The molecule has 0 aliphatic heterocycles. The number of benzene rings is 1. The van der Waals surface area contributed by atoms with Crippen molar-refractivity contribution in [2.45, 2.75) is 33.1 Å². The predicted molar refractivity (Wildman–Crippen MR) is 72.4 cm³/mol. The zero-order valence-electron chi connectivity index (χ0n) is 11.1. The lowest BCUT2D eigenvalue weighted by molar-refractivity contribution is 0.282. The smallest absolute Gasteiger partial charge is 0.215 e. The summed E-state index contributed by atoms with van der Waals surface area (Å²) < 4.78 is 26.3. The van der Waals surface area contributed by atoms with E-state index in [4.69, 9.17) is 5.11 Å². The molecule has 1 aromatic rings. The first kappa shape index (κ1) is 15.1. The number of hydrogen-bond acceptors (Lipinski definition) is 3. The van der Waals surface area contributed by atoms with Crippen LogP contribution in [0.3, 0.4) is 0 Å². The normalized spacial score (nSPS) is 12.7. The molecule has 0 radical (unpaired) electrons. The van der Waals surface area contributed by atoms with E-state index in [1.54, 1.807) is 24.3 Å². The number of rotatable bonds is 5. The van der Waals surface area contributed by atoms with Gasteiger partial charge in [-0.2, -0.15) is 0 Å². The fraction of sp³-hybridized carbons (Fsp3) is 0.538. The van der Waals surface area contributed by atoms with Crippen LogP contribution in [0.15, 0.2) is 24.3 Å². The SMILES string of the molecule is CC(C)(C)CNS(=O)(=O)Cc1cccc(CO)c1. The molecule has 5 heteroatoms. The van der Waals surface area contributed by atoms with Crippen molar-refractivity contribution in [2.24, 2.45) is 5.41 Å². The van der Waals surface area contributed by atoms with E-state index in [-0.39, 0.29) is 17.8 Å². The molecular weight excluding hydrogens is 250 g/mol. The van der Waals surface area contributed by atoms with Crippen molar-refractivity contribution in [1.29, 1.82) is 0 Å². The summed E-state index contributed by atoms with van der Waals surface area (Å²) in [5, 5.41) is 9.01. The Kier molecular flexibility index (Phi) is 4.90. The van der Waals surface area contributed by atoms with E-state index in [0.29, 0.717) is 12.1 Å². The Balaban J connectivity index is 2.70. The van der Waals surface area contributed by atoms with Gasteiger partial charge >= 0.3 is 0 Å². The molecule has 4 nitrogen and oxygen atoms in total. The summed E-state index contributed by atoms with van der Waals surface area (Å²) in [6.07, 6.45) is 0. The first-order chi connectivity index (χ1) is 8.22. The third-order valence-corrected chi connectivity index (χ3v) is 3.65. The van der Waals surface area contributed by atoms with Gasteiger partial charge in [0.25, 0.3) is 0 Å². The van der Waals surface area contributed by atoms with Crippen LogP contribution in [0.5, 0.6) is 0 Å². The third-order valence-electron chi connectivity index (χ3n) is 2.35. The lowest BCUT2D eigenvalue weighted by Crippen LogP contribution is -2.33. The molecule has 0 aromatic heterocycles. The van der Waals surface area contributed by atoms with E-state index in [0.717, 1.165) is 5.56 Å². The lowest BCUT2D eigenvalue weighted by atomic mass is 9.98. The van der Waals surface area contributed by atoms with Crippen LogP contribution in [0, 0.1) is 5.41 Å². The molecule has 0 spiro atoms. The van der Waals surface area contributed by atoms with Gasteiger partial charge in [0.2, 0.25) is 10.0 Å². The standard InChI is InChI=1S/C13H21NO3S/c1-13(2,3)10-14-18(16,17)9-12-6-4-5-11(7-12)8-15/h4-7,14-15H,8-10H2,1-3H3. The highest BCUT2D eigenvalue weighted by atomic mass is 32.2. The number of nitrogens with one attached hydrogen (secondary N) is 1. The predicted octanol–water partition coefficient (Wildman–Crippen LogP) is 1.64. The molecule has 0 unspecified atom stereocenters. The summed E-state index contributed by atoms with van der Waals surface area (Å²) in [6, 6.07) is 6.96. The average Bonchev–Trinajstić information content (AvgIpc) is 2.25. The van der Waals surface area contributed by atoms with Crippen LogP contribution in [0.4, 0.5) is 0 Å². The fourth-order valence-electron chi connectivity index (χ4n) is 1.41. The summed E-state index contributed by atoms with van der Waals surface area (Å²) in [5.74, 6) is -0.0586. The molecule has 0 saturated carbocycles. The van der Waals surface area contributed by atoms with Crippen molar-refractivity contribution in [3.8, 4) is 0 Å². The number of aliphatic hydroxyl groups excluding tert-OH is 1. The summed E-state index contributed by atoms with van der Waals surface area (Å²) >= 11 is 0. The Hall–Kier alpha value is -0.910. The number of sulfonamides is 1. The van der Waals surface area contributed by atoms with Crippen molar-refractivity contribution in [1.82, 2.24) is 4.72 Å². The minimum absolute atomic E-state index is 0.0586. The molecule has 0 saturated heterocycles. The van der Waals surface area contributed by atoms with Crippen LogP contribution < -0.4 is 4.72 Å². The molecule has 1 rings (SSSR count). The van der Waals surface area contributed by atoms with Gasteiger partial charge in [-0.05, 0) is 16.5 Å². The fourth-order valence-corrected chi connectivity index (χ4v) is 2.79. The highest BCUT2D eigenvalue weighted by Gasteiger charge is 2.16. The van der Waals surface area contributed by atoms with Gasteiger partial charge in [0.1, 0.15) is 0 Å². The minimum atomic E-state index is -3.32. The van der Waals surface area contributed by atoms with Gasteiger partial charge in [-0.25, -0.2) is 13.1 Å². The van der Waals surface area contributed by atoms with E-state index in [1.807, 2.05) is 20.8 Å². The molecule has 0 atom stereocenters. The van der Waals surface area contributed by atoms with Crippen molar-refractivity contribution in [3.05, 3.63) is 35.4 Å². The van der Waals surface area contributed by atoms with Crippen LogP contribution in [0.25, 0.3) is 0 Å². The van der Waals surface area contributed by atoms with Gasteiger partial charge in [-0.1, -0.05) is 45.0 Å². The van der Waals surface area contributed by atoms with Gasteiger partial charge in [0, 0.05) is 6.54 Å². The Bertz CT molecular complexity index is 489. The molecule has 2 N–H and O–H groups in total. The van der Waals surface area contributed by atoms with Crippen LogP contribution in [0.1, 0.15) is 31.9 Å². The van der Waals surface area contributed by atoms with Crippen LogP contribution in [-0.4, -0.2) is 20.1 Å². The summed E-state index contributed by atoms with van der Waals surface area (Å²) in [4.78, 5) is 0. The van der Waals surface area contributed by atoms with Crippen LogP contribution >= 0.6 is 0 Å². The van der Waals surface area contributed by atoms with E-state index in [2.05, 4.69) is 4.72 Å². The topological polar surface area (TPSA) is 66.4 Å². The molecular formula is C13H21NO3S. The van der Waals surface area contributed by atoms with E-state index in [1.165, 1.54) is 0 Å². The van der Waals surface area contributed by atoms with E-state index < -0.39 is 10.0 Å². The lowest BCUT2D eigenvalue weighted by Gasteiger charge is -2.18. The highest BCUT2D eigenvalue weighted by Crippen LogP contribution is 2.13. The Morgan fingerprint density at radius 1 is 1.22 bits per heavy atom. The summed E-state index contributed by atoms with van der Waals surface area (Å²) in [5.41, 5.74) is 1.32. The molecule has 0 heterocycles. The van der Waals surface area contributed by atoms with Crippen molar-refractivity contribution >= 4 is 10.0 Å². The Labute approximate surface area is 109 Å². The van der Waals surface area contributed by atoms with E-state index >= 15 is 0 Å².